The zero-order chi connectivity index (χ0) is 17.4. The Morgan fingerprint density at radius 3 is 2.56 bits per heavy atom. The Kier molecular flexibility index (Phi) is 4.50. The van der Waals surface area contributed by atoms with Crippen LogP contribution in [0.4, 0.5) is 5.82 Å². The molecule has 0 spiro atoms. The maximum Gasteiger partial charge on any atom is 0.132 e. The summed E-state index contributed by atoms with van der Waals surface area (Å²) in [5.41, 5.74) is 2.41. The fraction of sp³-hybridized carbons (Fsp3) is 0.632. The Morgan fingerprint density at radius 1 is 1.12 bits per heavy atom. The van der Waals surface area contributed by atoms with Gasteiger partial charge in [-0.15, -0.1) is 11.3 Å². The first-order valence-corrected chi connectivity index (χ1v) is 10.1. The molecule has 1 saturated carbocycles. The summed E-state index contributed by atoms with van der Waals surface area (Å²) in [5, 5.41) is 3.60. The molecule has 3 heterocycles. The van der Waals surface area contributed by atoms with Crippen molar-refractivity contribution in [2.45, 2.75) is 51.5 Å². The van der Waals surface area contributed by atoms with Crippen LogP contribution >= 0.6 is 11.3 Å². The number of nitrogens with zero attached hydrogens (tertiary/aromatic N) is 5. The first-order valence-electron chi connectivity index (χ1n) is 9.23. The van der Waals surface area contributed by atoms with Crippen LogP contribution in [0, 0.1) is 0 Å². The third kappa shape index (κ3) is 4.01. The molecule has 6 heteroatoms. The van der Waals surface area contributed by atoms with Gasteiger partial charge in [-0.25, -0.2) is 15.0 Å². The van der Waals surface area contributed by atoms with Gasteiger partial charge < -0.3 is 4.90 Å². The van der Waals surface area contributed by atoms with Gasteiger partial charge in [0.15, 0.2) is 0 Å². The Bertz CT molecular complexity index is 723. The minimum Gasteiger partial charge on any atom is -0.354 e. The summed E-state index contributed by atoms with van der Waals surface area (Å²) in [4.78, 5) is 18.7. The molecule has 0 amide bonds. The number of anilines is 1. The van der Waals surface area contributed by atoms with Crippen LogP contribution in [-0.2, 0) is 12.0 Å². The summed E-state index contributed by atoms with van der Waals surface area (Å²) in [6, 6.07) is 2.15. The molecule has 134 valence electrons. The van der Waals surface area contributed by atoms with E-state index < -0.39 is 0 Å². The van der Waals surface area contributed by atoms with Crippen LogP contribution in [0.15, 0.2) is 17.8 Å². The van der Waals surface area contributed by atoms with Crippen LogP contribution in [0.25, 0.3) is 0 Å². The van der Waals surface area contributed by atoms with E-state index in [1.165, 1.54) is 23.5 Å². The molecule has 1 aliphatic carbocycles. The summed E-state index contributed by atoms with van der Waals surface area (Å²) in [5.74, 6) is 1.83. The van der Waals surface area contributed by atoms with Gasteiger partial charge in [0.25, 0.3) is 0 Å². The van der Waals surface area contributed by atoms with Gasteiger partial charge in [-0.2, -0.15) is 0 Å². The van der Waals surface area contributed by atoms with Gasteiger partial charge in [0.2, 0.25) is 0 Å². The summed E-state index contributed by atoms with van der Waals surface area (Å²) in [7, 11) is 0. The molecule has 2 fully saturated rings. The molecule has 4 rings (SSSR count). The van der Waals surface area contributed by atoms with Crippen LogP contribution in [0.2, 0.25) is 0 Å². The maximum atomic E-state index is 4.82. The predicted octanol–water partition coefficient (Wildman–Crippen LogP) is 3.43. The van der Waals surface area contributed by atoms with Gasteiger partial charge >= 0.3 is 0 Å². The average Bonchev–Trinajstić information content (AvgIpc) is 3.35. The standard InChI is InChI=1S/C19H27N5S/c1-19(2,3)16-10-17(21-13-20-16)24-8-6-23(7-9-24)11-15-12-25-18(22-15)14-4-5-14/h10,12-14H,4-9,11H2,1-3H3. The number of aromatic nitrogens is 3. The Labute approximate surface area is 154 Å². The average molecular weight is 358 g/mol. The topological polar surface area (TPSA) is 45.2 Å². The Morgan fingerprint density at radius 2 is 1.88 bits per heavy atom. The van der Waals surface area contributed by atoms with Crippen molar-refractivity contribution in [3.63, 3.8) is 0 Å². The van der Waals surface area contributed by atoms with Crippen LogP contribution in [0.3, 0.4) is 0 Å². The molecule has 1 aliphatic heterocycles. The van der Waals surface area contributed by atoms with E-state index in [1.54, 1.807) is 6.33 Å². The zero-order valence-electron chi connectivity index (χ0n) is 15.4. The summed E-state index contributed by atoms with van der Waals surface area (Å²) in [6.07, 6.45) is 4.37. The summed E-state index contributed by atoms with van der Waals surface area (Å²) in [6.45, 7) is 11.7. The van der Waals surface area contributed by atoms with Crippen molar-refractivity contribution in [3.05, 3.63) is 34.2 Å². The van der Waals surface area contributed by atoms with Crippen molar-refractivity contribution in [3.8, 4) is 0 Å². The van der Waals surface area contributed by atoms with Gasteiger partial charge in [-0.05, 0) is 12.8 Å². The number of hydrogen-bond acceptors (Lipinski definition) is 6. The number of piperazine rings is 1. The first-order chi connectivity index (χ1) is 12.0. The first kappa shape index (κ1) is 16.9. The van der Waals surface area contributed by atoms with Crippen LogP contribution in [-0.4, -0.2) is 46.0 Å². The second kappa shape index (κ2) is 6.65. The molecule has 0 atom stereocenters. The Hall–Kier alpha value is -1.53. The number of hydrogen-bond donors (Lipinski definition) is 0. The van der Waals surface area contributed by atoms with E-state index in [0.717, 1.165) is 50.2 Å². The smallest absolute Gasteiger partial charge is 0.132 e. The monoisotopic (exact) mass is 357 g/mol. The molecule has 2 aromatic heterocycles. The molecule has 2 aliphatic rings. The molecule has 2 aromatic rings. The van der Waals surface area contributed by atoms with Gasteiger partial charge in [-0.1, -0.05) is 20.8 Å². The lowest BCUT2D eigenvalue weighted by molar-refractivity contribution is 0.247. The predicted molar refractivity (Wildman–Crippen MR) is 102 cm³/mol. The SMILES string of the molecule is CC(C)(C)c1cc(N2CCN(Cc3csc(C4CC4)n3)CC2)ncn1. The van der Waals surface area contributed by atoms with Crippen LogP contribution < -0.4 is 4.90 Å². The highest BCUT2D eigenvalue weighted by molar-refractivity contribution is 7.09. The lowest BCUT2D eigenvalue weighted by atomic mass is 9.92. The van der Waals surface area contributed by atoms with E-state index in [-0.39, 0.29) is 5.41 Å². The third-order valence-electron chi connectivity index (χ3n) is 5.00. The Balaban J connectivity index is 1.34. The quantitative estimate of drug-likeness (QED) is 0.839. The largest absolute Gasteiger partial charge is 0.354 e. The third-order valence-corrected chi connectivity index (χ3v) is 6.06. The van der Waals surface area contributed by atoms with Gasteiger partial charge in [-0.3, -0.25) is 4.90 Å². The van der Waals surface area contributed by atoms with E-state index in [0.29, 0.717) is 0 Å². The fourth-order valence-electron chi connectivity index (χ4n) is 3.21. The molecule has 5 nitrogen and oxygen atoms in total. The highest BCUT2D eigenvalue weighted by Crippen LogP contribution is 2.41. The van der Waals surface area contributed by atoms with Gasteiger partial charge in [0, 0.05) is 55.5 Å². The van der Waals surface area contributed by atoms with Crippen molar-refractivity contribution >= 4 is 17.2 Å². The number of rotatable bonds is 4. The van der Waals surface area contributed by atoms with Crippen molar-refractivity contribution in [2.75, 3.05) is 31.1 Å². The molecular formula is C19H27N5S. The second-order valence-electron chi connectivity index (χ2n) is 8.23. The van der Waals surface area contributed by atoms with Crippen LogP contribution in [0.1, 0.15) is 55.9 Å². The lowest BCUT2D eigenvalue weighted by Gasteiger charge is -2.35. The molecular weight excluding hydrogens is 330 g/mol. The van der Waals surface area contributed by atoms with E-state index in [9.17, 15) is 0 Å². The van der Waals surface area contributed by atoms with Gasteiger partial charge in [0.05, 0.1) is 16.4 Å². The van der Waals surface area contributed by atoms with E-state index >= 15 is 0 Å². The van der Waals surface area contributed by atoms with Crippen LogP contribution in [0.5, 0.6) is 0 Å². The summed E-state index contributed by atoms with van der Waals surface area (Å²) < 4.78 is 0. The van der Waals surface area contributed by atoms with Crippen molar-refractivity contribution in [2.24, 2.45) is 0 Å². The van der Waals surface area contributed by atoms with Crippen molar-refractivity contribution < 1.29 is 0 Å². The highest BCUT2D eigenvalue weighted by Gasteiger charge is 2.27. The molecule has 0 N–H and O–H groups in total. The van der Waals surface area contributed by atoms with E-state index in [2.05, 4.69) is 52.0 Å². The lowest BCUT2D eigenvalue weighted by Crippen LogP contribution is -2.46. The second-order valence-corrected chi connectivity index (χ2v) is 9.12. The highest BCUT2D eigenvalue weighted by atomic mass is 32.1. The number of thiazole rings is 1. The maximum absolute atomic E-state index is 4.82. The zero-order valence-corrected chi connectivity index (χ0v) is 16.2. The van der Waals surface area contributed by atoms with Crippen molar-refractivity contribution in [1.29, 1.82) is 0 Å². The normalized spacial score (nSPS) is 19.4. The molecule has 25 heavy (non-hydrogen) atoms. The van der Waals surface area contributed by atoms with E-state index in [4.69, 9.17) is 4.98 Å². The minimum atomic E-state index is 0.0589. The molecule has 0 bridgehead atoms. The molecule has 0 aromatic carbocycles. The van der Waals surface area contributed by atoms with Crippen molar-refractivity contribution in [1.82, 2.24) is 19.9 Å². The van der Waals surface area contributed by atoms with Gasteiger partial charge in [0.1, 0.15) is 12.1 Å². The van der Waals surface area contributed by atoms with E-state index in [1.807, 2.05) is 11.3 Å². The molecule has 0 unspecified atom stereocenters. The molecule has 1 saturated heterocycles. The minimum absolute atomic E-state index is 0.0589. The fourth-order valence-corrected chi connectivity index (χ4v) is 4.19. The molecule has 0 radical (unpaired) electrons. The summed E-state index contributed by atoms with van der Waals surface area (Å²) >= 11 is 1.84.